The highest BCUT2D eigenvalue weighted by Crippen LogP contribution is 2.39. The Balaban J connectivity index is 1.30. The van der Waals surface area contributed by atoms with E-state index in [-0.39, 0.29) is 11.7 Å². The van der Waals surface area contributed by atoms with Crippen LogP contribution in [0.4, 0.5) is 11.6 Å². The van der Waals surface area contributed by atoms with E-state index in [0.29, 0.717) is 19.0 Å². The highest BCUT2D eigenvalue weighted by Gasteiger charge is 2.32. The minimum absolute atomic E-state index is 0.123. The van der Waals surface area contributed by atoms with E-state index in [2.05, 4.69) is 31.5 Å². The number of fused-ring (bicyclic) bond motifs is 3. The van der Waals surface area contributed by atoms with Crippen molar-refractivity contribution >= 4 is 21.7 Å². The summed E-state index contributed by atoms with van der Waals surface area (Å²) in [6.45, 7) is 1.25. The maximum atomic E-state index is 13.1. The van der Waals surface area contributed by atoms with Crippen molar-refractivity contribution in [2.45, 2.75) is 56.8 Å². The SMILES string of the molecule is O=S(=O)(c1nnc(Nc2c3c(cc4c2CCC4)CCC3)[nH]1)N1CCn2cncc2C1. The fourth-order valence-electron chi connectivity index (χ4n) is 4.99. The van der Waals surface area contributed by atoms with Gasteiger partial charge in [-0.1, -0.05) is 6.07 Å². The van der Waals surface area contributed by atoms with Crippen molar-refractivity contribution in [1.29, 1.82) is 0 Å². The van der Waals surface area contributed by atoms with Crippen molar-refractivity contribution in [2.75, 3.05) is 11.9 Å². The number of hydrogen-bond donors (Lipinski definition) is 2. The Morgan fingerprint density at radius 2 is 1.77 bits per heavy atom. The summed E-state index contributed by atoms with van der Waals surface area (Å²) in [5.41, 5.74) is 7.50. The van der Waals surface area contributed by atoms with Gasteiger partial charge in [-0.3, -0.25) is 4.98 Å². The van der Waals surface area contributed by atoms with Crippen LogP contribution < -0.4 is 5.32 Å². The van der Waals surface area contributed by atoms with Crippen molar-refractivity contribution in [1.82, 2.24) is 29.0 Å². The molecule has 0 saturated heterocycles. The molecule has 30 heavy (non-hydrogen) atoms. The first kappa shape index (κ1) is 18.1. The smallest absolute Gasteiger partial charge is 0.279 e. The van der Waals surface area contributed by atoms with Crippen LogP contribution >= 0.6 is 0 Å². The fourth-order valence-corrected chi connectivity index (χ4v) is 6.23. The molecule has 1 aliphatic heterocycles. The maximum Gasteiger partial charge on any atom is 0.279 e. The van der Waals surface area contributed by atoms with Gasteiger partial charge in [0.15, 0.2) is 0 Å². The van der Waals surface area contributed by atoms with Gasteiger partial charge in [-0.05, 0) is 60.8 Å². The first-order valence-corrected chi connectivity index (χ1v) is 11.9. The molecule has 0 amide bonds. The van der Waals surface area contributed by atoms with Crippen LogP contribution in [0, 0.1) is 0 Å². The molecule has 0 fully saturated rings. The second-order valence-electron chi connectivity index (χ2n) is 8.25. The lowest BCUT2D eigenvalue weighted by Crippen LogP contribution is -2.38. The van der Waals surface area contributed by atoms with Crippen LogP contribution in [0.3, 0.4) is 0 Å². The zero-order valence-electron chi connectivity index (χ0n) is 16.6. The molecular weight excluding hydrogens is 402 g/mol. The number of anilines is 2. The van der Waals surface area contributed by atoms with Crippen LogP contribution in [-0.2, 0) is 48.8 Å². The van der Waals surface area contributed by atoms with Crippen LogP contribution in [0.15, 0.2) is 23.7 Å². The van der Waals surface area contributed by atoms with Gasteiger partial charge >= 0.3 is 0 Å². The monoisotopic (exact) mass is 425 g/mol. The second kappa shape index (κ2) is 6.64. The largest absolute Gasteiger partial charge is 0.332 e. The highest BCUT2D eigenvalue weighted by molar-refractivity contribution is 7.88. The normalized spacial score (nSPS) is 18.3. The third kappa shape index (κ3) is 2.78. The molecule has 0 unspecified atom stereocenters. The number of imidazole rings is 1. The number of nitrogens with zero attached hydrogens (tertiary/aromatic N) is 5. The topological polar surface area (TPSA) is 109 Å². The standard InChI is InChI=1S/C20H23N7O2S/c28-30(29,27-8-7-26-12-21-10-15(26)11-27)20-23-19(24-25-20)22-18-16-5-1-3-13(16)9-14-4-2-6-17(14)18/h9-10,12H,1-8,11H2,(H2,22,23,24,25). The zero-order chi connectivity index (χ0) is 20.3. The van der Waals surface area contributed by atoms with E-state index in [4.69, 9.17) is 0 Å². The summed E-state index contributed by atoms with van der Waals surface area (Å²) in [5.74, 6) is 0.380. The van der Waals surface area contributed by atoms with Crippen LogP contribution in [0.2, 0.25) is 0 Å². The van der Waals surface area contributed by atoms with E-state index in [9.17, 15) is 8.42 Å². The molecule has 0 saturated carbocycles. The average Bonchev–Trinajstić information content (AvgIpc) is 3.52. The lowest BCUT2D eigenvalue weighted by molar-refractivity contribution is 0.339. The van der Waals surface area contributed by atoms with Gasteiger partial charge in [0.1, 0.15) is 0 Å². The summed E-state index contributed by atoms with van der Waals surface area (Å²) in [6, 6.07) is 2.37. The molecule has 10 heteroatoms. The third-order valence-electron chi connectivity index (χ3n) is 6.49. The first-order chi connectivity index (χ1) is 14.6. The van der Waals surface area contributed by atoms with Crippen LogP contribution in [0.1, 0.15) is 40.8 Å². The number of rotatable bonds is 4. The third-order valence-corrected chi connectivity index (χ3v) is 8.16. The summed E-state index contributed by atoms with van der Waals surface area (Å²) < 4.78 is 29.6. The molecule has 0 spiro atoms. The van der Waals surface area contributed by atoms with Gasteiger partial charge < -0.3 is 9.88 Å². The lowest BCUT2D eigenvalue weighted by atomic mass is 9.99. The predicted molar refractivity (Wildman–Crippen MR) is 110 cm³/mol. The molecular formula is C20H23N7O2S. The molecule has 3 aliphatic rings. The number of H-pyrrole nitrogens is 1. The predicted octanol–water partition coefficient (Wildman–Crippen LogP) is 1.93. The minimum atomic E-state index is -3.75. The van der Waals surface area contributed by atoms with Crippen LogP contribution in [0.5, 0.6) is 0 Å². The van der Waals surface area contributed by atoms with E-state index in [1.54, 1.807) is 12.5 Å². The Morgan fingerprint density at radius 1 is 1.00 bits per heavy atom. The molecule has 3 aromatic rings. The summed E-state index contributed by atoms with van der Waals surface area (Å²) in [6.07, 6.45) is 10.1. The van der Waals surface area contributed by atoms with Gasteiger partial charge in [-0.15, -0.1) is 10.2 Å². The molecule has 2 N–H and O–H groups in total. The number of sulfonamides is 1. The highest BCUT2D eigenvalue weighted by atomic mass is 32.2. The number of benzene rings is 1. The molecule has 6 rings (SSSR count). The Morgan fingerprint density at radius 3 is 2.53 bits per heavy atom. The van der Waals surface area contributed by atoms with Crippen molar-refractivity contribution in [3.63, 3.8) is 0 Å². The molecule has 1 aromatic carbocycles. The Bertz CT molecular complexity index is 1210. The fraction of sp³-hybridized carbons (Fsp3) is 0.450. The number of hydrogen-bond acceptors (Lipinski definition) is 6. The van der Waals surface area contributed by atoms with E-state index in [1.165, 1.54) is 26.6 Å². The van der Waals surface area contributed by atoms with Crippen LogP contribution in [0.25, 0.3) is 0 Å². The molecule has 9 nitrogen and oxygen atoms in total. The van der Waals surface area contributed by atoms with Crippen LogP contribution in [-0.4, -0.2) is 44.0 Å². The van der Waals surface area contributed by atoms with Gasteiger partial charge in [0.25, 0.3) is 15.2 Å². The van der Waals surface area contributed by atoms with Crippen molar-refractivity contribution in [3.8, 4) is 0 Å². The Hall–Kier alpha value is -2.72. The van der Waals surface area contributed by atoms with E-state index < -0.39 is 10.0 Å². The maximum absolute atomic E-state index is 13.1. The molecule has 3 heterocycles. The Labute approximate surface area is 174 Å². The number of aromatic amines is 1. The van der Waals surface area contributed by atoms with Gasteiger partial charge in [0.05, 0.1) is 18.6 Å². The zero-order valence-corrected chi connectivity index (χ0v) is 17.4. The van der Waals surface area contributed by atoms with Crippen molar-refractivity contribution in [2.24, 2.45) is 0 Å². The Kier molecular flexibility index (Phi) is 4.00. The van der Waals surface area contributed by atoms with E-state index >= 15 is 0 Å². The van der Waals surface area contributed by atoms with E-state index in [1.807, 2.05) is 4.57 Å². The quantitative estimate of drug-likeness (QED) is 0.661. The van der Waals surface area contributed by atoms with Gasteiger partial charge in [-0.2, -0.15) is 4.31 Å². The number of aromatic nitrogens is 5. The second-order valence-corrected chi connectivity index (χ2v) is 10.1. The van der Waals surface area contributed by atoms with Crippen molar-refractivity contribution in [3.05, 3.63) is 46.5 Å². The van der Waals surface area contributed by atoms with E-state index in [0.717, 1.165) is 49.9 Å². The van der Waals surface area contributed by atoms with Gasteiger partial charge in [0.2, 0.25) is 5.95 Å². The van der Waals surface area contributed by atoms with Gasteiger partial charge in [-0.25, -0.2) is 13.4 Å². The summed E-state index contributed by atoms with van der Waals surface area (Å²) in [7, 11) is -3.75. The number of nitrogens with one attached hydrogen (secondary N) is 2. The average molecular weight is 426 g/mol. The molecule has 0 atom stereocenters. The molecule has 156 valence electrons. The first-order valence-electron chi connectivity index (χ1n) is 10.4. The van der Waals surface area contributed by atoms with Crippen molar-refractivity contribution < 1.29 is 8.42 Å². The lowest BCUT2D eigenvalue weighted by Gasteiger charge is -2.26. The summed E-state index contributed by atoms with van der Waals surface area (Å²) in [5, 5.41) is 11.4. The molecule has 2 aromatic heterocycles. The summed E-state index contributed by atoms with van der Waals surface area (Å²) >= 11 is 0. The summed E-state index contributed by atoms with van der Waals surface area (Å²) in [4.78, 5) is 7.01. The van der Waals surface area contributed by atoms with Gasteiger partial charge in [0, 0.05) is 25.0 Å². The molecule has 0 bridgehead atoms. The molecule has 2 aliphatic carbocycles. The molecule has 0 radical (unpaired) electrons. The minimum Gasteiger partial charge on any atom is -0.332 e. The number of aryl methyl sites for hydroxylation is 2.